The van der Waals surface area contributed by atoms with Crippen molar-refractivity contribution in [3.8, 4) is 11.6 Å². The Morgan fingerprint density at radius 2 is 2.00 bits per heavy atom. The van der Waals surface area contributed by atoms with Crippen LogP contribution in [0, 0.1) is 0 Å². The number of aromatic nitrogens is 2. The second-order valence-electron chi connectivity index (χ2n) is 6.93. The predicted molar refractivity (Wildman–Crippen MR) is 114 cm³/mol. The van der Waals surface area contributed by atoms with Crippen LogP contribution in [0.2, 0.25) is 0 Å². The summed E-state index contributed by atoms with van der Waals surface area (Å²) >= 11 is 1.47. The molecule has 0 fully saturated rings. The van der Waals surface area contributed by atoms with Crippen LogP contribution in [0.5, 0.6) is 11.6 Å². The zero-order chi connectivity index (χ0) is 20.2. The van der Waals surface area contributed by atoms with Crippen molar-refractivity contribution in [1.82, 2.24) is 9.55 Å². The summed E-state index contributed by atoms with van der Waals surface area (Å²) in [6, 6.07) is 13.2. The number of hydrogen-bond donors (Lipinski definition) is 2. The van der Waals surface area contributed by atoms with Gasteiger partial charge in [-0.3, -0.25) is 4.79 Å². The predicted octanol–water partition coefficient (Wildman–Crippen LogP) is 3.87. The first-order valence-corrected chi connectivity index (χ1v) is 10.5. The van der Waals surface area contributed by atoms with E-state index < -0.39 is 0 Å². The highest BCUT2D eigenvalue weighted by atomic mass is 32.2. The van der Waals surface area contributed by atoms with Gasteiger partial charge in [-0.25, -0.2) is 4.98 Å². The molecule has 1 aliphatic rings. The van der Waals surface area contributed by atoms with Crippen LogP contribution in [0.3, 0.4) is 0 Å². The molecule has 150 valence electrons. The fraction of sp³-hybridized carbons (Fsp3) is 0.273. The number of methoxy groups -OCH3 is 1. The van der Waals surface area contributed by atoms with E-state index in [1.807, 2.05) is 41.0 Å². The van der Waals surface area contributed by atoms with Crippen molar-refractivity contribution in [2.24, 2.45) is 0 Å². The second-order valence-corrected chi connectivity index (χ2v) is 7.89. The van der Waals surface area contributed by atoms with E-state index in [0.717, 1.165) is 41.2 Å². The largest absolute Gasteiger partial charge is 0.497 e. The van der Waals surface area contributed by atoms with Crippen molar-refractivity contribution in [1.29, 1.82) is 0 Å². The van der Waals surface area contributed by atoms with Crippen LogP contribution in [0.25, 0.3) is 0 Å². The molecule has 0 saturated heterocycles. The van der Waals surface area contributed by atoms with Crippen LogP contribution in [0.15, 0.2) is 53.7 Å². The molecule has 4 rings (SSSR count). The van der Waals surface area contributed by atoms with Crippen molar-refractivity contribution in [2.45, 2.75) is 30.8 Å². The molecular weight excluding hydrogens is 386 g/mol. The average Bonchev–Trinajstić information content (AvgIpc) is 3.31. The van der Waals surface area contributed by atoms with Crippen molar-refractivity contribution >= 4 is 23.5 Å². The Labute approximate surface area is 173 Å². The van der Waals surface area contributed by atoms with E-state index in [-0.39, 0.29) is 11.7 Å². The summed E-state index contributed by atoms with van der Waals surface area (Å²) in [4.78, 5) is 16.5. The molecule has 1 aliphatic carbocycles. The van der Waals surface area contributed by atoms with Gasteiger partial charge in [0.25, 0.3) is 0 Å². The quantitative estimate of drug-likeness (QED) is 0.580. The van der Waals surface area contributed by atoms with Gasteiger partial charge in [-0.05, 0) is 54.7 Å². The summed E-state index contributed by atoms with van der Waals surface area (Å²) in [5.41, 5.74) is 3.26. The van der Waals surface area contributed by atoms with Gasteiger partial charge in [0.2, 0.25) is 5.91 Å². The number of pyridine rings is 1. The number of fused-ring (bicyclic) bond motifs is 1. The number of carbonyl (C=O) groups excluding carboxylic acids is 1. The summed E-state index contributed by atoms with van der Waals surface area (Å²) in [6.45, 7) is 0.549. The summed E-state index contributed by atoms with van der Waals surface area (Å²) in [6.07, 6.45) is 4.50. The topological polar surface area (TPSA) is 76.4 Å². The van der Waals surface area contributed by atoms with Gasteiger partial charge in [-0.1, -0.05) is 30.0 Å². The van der Waals surface area contributed by atoms with Gasteiger partial charge in [0.1, 0.15) is 11.6 Å². The smallest absolute Gasteiger partial charge is 0.235 e. The van der Waals surface area contributed by atoms with Crippen LogP contribution in [0.1, 0.15) is 23.1 Å². The Morgan fingerprint density at radius 1 is 1.21 bits per heavy atom. The first-order chi connectivity index (χ1) is 14.2. The van der Waals surface area contributed by atoms with Crippen LogP contribution >= 0.6 is 11.8 Å². The summed E-state index contributed by atoms with van der Waals surface area (Å²) < 4.78 is 7.14. The number of benzene rings is 1. The highest BCUT2D eigenvalue weighted by Crippen LogP contribution is 2.41. The first-order valence-electron chi connectivity index (χ1n) is 9.55. The SMILES string of the molecule is COc1ccc(Cn2c(O)c3c(c2SCC(=O)Nc2ccccn2)CCC3)cc1. The molecule has 0 radical (unpaired) electrons. The number of anilines is 1. The standard InChI is InChI=1S/C22H23N3O3S/c1-28-16-10-8-15(9-11-16)13-25-21(27)17-5-4-6-18(17)22(25)29-14-20(26)24-19-7-2-3-12-23-19/h2-3,7-12,27H,4-6,13-14H2,1H3,(H,23,24,26). The number of carbonyl (C=O) groups is 1. The normalized spacial score (nSPS) is 12.6. The molecule has 2 aromatic heterocycles. The minimum atomic E-state index is -0.114. The number of rotatable bonds is 7. The molecule has 29 heavy (non-hydrogen) atoms. The van der Waals surface area contributed by atoms with E-state index in [9.17, 15) is 9.90 Å². The van der Waals surface area contributed by atoms with E-state index in [2.05, 4.69) is 10.3 Å². The molecule has 1 aromatic carbocycles. The Balaban J connectivity index is 1.52. The van der Waals surface area contributed by atoms with Gasteiger partial charge in [0.05, 0.1) is 24.4 Å². The molecule has 1 amide bonds. The number of nitrogens with one attached hydrogen (secondary N) is 1. The molecule has 0 spiro atoms. The van der Waals surface area contributed by atoms with E-state index in [1.165, 1.54) is 17.3 Å². The molecule has 0 unspecified atom stereocenters. The van der Waals surface area contributed by atoms with Gasteiger partial charge in [0, 0.05) is 11.8 Å². The van der Waals surface area contributed by atoms with Gasteiger partial charge in [-0.2, -0.15) is 0 Å². The van der Waals surface area contributed by atoms with Gasteiger partial charge in [-0.15, -0.1) is 0 Å². The minimum Gasteiger partial charge on any atom is -0.497 e. The number of aromatic hydroxyl groups is 1. The Bertz CT molecular complexity index is 1000. The van der Waals surface area contributed by atoms with Crippen molar-refractivity contribution < 1.29 is 14.6 Å². The molecule has 0 saturated carbocycles. The number of hydrogen-bond acceptors (Lipinski definition) is 5. The lowest BCUT2D eigenvalue weighted by molar-refractivity contribution is -0.113. The Hall–Kier alpha value is -2.93. The summed E-state index contributed by atoms with van der Waals surface area (Å²) in [5.74, 6) is 1.81. The zero-order valence-electron chi connectivity index (χ0n) is 16.2. The van der Waals surface area contributed by atoms with E-state index in [4.69, 9.17) is 4.74 Å². The first kappa shape index (κ1) is 19.4. The molecular formula is C22H23N3O3S. The fourth-order valence-corrected chi connectivity index (χ4v) is 4.67. The summed E-state index contributed by atoms with van der Waals surface area (Å²) in [7, 11) is 1.64. The van der Waals surface area contributed by atoms with Crippen LogP contribution in [-0.2, 0) is 24.2 Å². The van der Waals surface area contributed by atoms with Crippen molar-refractivity contribution in [3.05, 3.63) is 65.4 Å². The van der Waals surface area contributed by atoms with Crippen molar-refractivity contribution in [2.75, 3.05) is 18.2 Å². The van der Waals surface area contributed by atoms with Crippen LogP contribution in [0.4, 0.5) is 5.82 Å². The molecule has 0 bridgehead atoms. The lowest BCUT2D eigenvalue weighted by Gasteiger charge is -2.13. The van der Waals surface area contributed by atoms with Gasteiger partial charge in [0.15, 0.2) is 5.88 Å². The van der Waals surface area contributed by atoms with Gasteiger partial charge >= 0.3 is 0 Å². The van der Waals surface area contributed by atoms with E-state index in [1.54, 1.807) is 19.4 Å². The minimum absolute atomic E-state index is 0.114. The van der Waals surface area contributed by atoms with Crippen LogP contribution in [-0.4, -0.2) is 33.4 Å². The maximum absolute atomic E-state index is 12.4. The summed E-state index contributed by atoms with van der Waals surface area (Å²) in [5, 5.41) is 14.6. The molecule has 2 heterocycles. The average molecular weight is 410 g/mol. The molecule has 0 atom stereocenters. The molecule has 6 nitrogen and oxygen atoms in total. The lowest BCUT2D eigenvalue weighted by atomic mass is 10.2. The number of amides is 1. The van der Waals surface area contributed by atoms with E-state index in [0.29, 0.717) is 18.2 Å². The van der Waals surface area contributed by atoms with Gasteiger partial charge < -0.3 is 19.7 Å². The van der Waals surface area contributed by atoms with Crippen LogP contribution < -0.4 is 10.1 Å². The molecule has 7 heteroatoms. The maximum atomic E-state index is 12.4. The molecule has 2 N–H and O–H groups in total. The monoisotopic (exact) mass is 409 g/mol. The number of ether oxygens (including phenoxy) is 1. The molecule has 3 aromatic rings. The maximum Gasteiger partial charge on any atom is 0.235 e. The fourth-order valence-electron chi connectivity index (χ4n) is 3.62. The third-order valence-electron chi connectivity index (χ3n) is 5.02. The van der Waals surface area contributed by atoms with E-state index >= 15 is 0 Å². The highest BCUT2D eigenvalue weighted by Gasteiger charge is 2.26. The number of nitrogens with zero attached hydrogens (tertiary/aromatic N) is 2. The molecule has 0 aliphatic heterocycles. The zero-order valence-corrected chi connectivity index (χ0v) is 17.0. The Morgan fingerprint density at radius 3 is 2.72 bits per heavy atom. The highest BCUT2D eigenvalue weighted by molar-refractivity contribution is 8.00. The Kier molecular flexibility index (Phi) is 5.76. The second kappa shape index (κ2) is 8.61. The number of thioether (sulfide) groups is 1. The van der Waals surface area contributed by atoms with Crippen molar-refractivity contribution in [3.63, 3.8) is 0 Å². The third kappa shape index (κ3) is 4.24. The third-order valence-corrected chi connectivity index (χ3v) is 6.17. The lowest BCUT2D eigenvalue weighted by Crippen LogP contribution is -2.15.